The van der Waals surface area contributed by atoms with E-state index in [1.807, 2.05) is 0 Å². The van der Waals surface area contributed by atoms with Gasteiger partial charge in [-0.05, 0) is 104 Å². The average molecular weight is 643 g/mol. The third kappa shape index (κ3) is 4.77. The lowest BCUT2D eigenvalue weighted by atomic mass is 9.82. The first-order chi connectivity index (χ1) is 22.0. The van der Waals surface area contributed by atoms with Gasteiger partial charge < -0.3 is 4.90 Å². The first-order valence-corrected chi connectivity index (χ1v) is 16.3. The molecular formula is C43H32BrN. The normalized spacial score (nSPS) is 13.0. The van der Waals surface area contributed by atoms with Crippen molar-refractivity contribution in [2.45, 2.75) is 19.3 Å². The van der Waals surface area contributed by atoms with Gasteiger partial charge in [-0.25, -0.2) is 0 Å². The topological polar surface area (TPSA) is 3.24 Å². The first-order valence-electron chi connectivity index (χ1n) is 15.5. The molecule has 0 atom stereocenters. The molecule has 0 amide bonds. The van der Waals surface area contributed by atoms with Crippen LogP contribution in [0.1, 0.15) is 25.0 Å². The minimum Gasteiger partial charge on any atom is -0.310 e. The molecule has 0 aliphatic heterocycles. The zero-order chi connectivity index (χ0) is 30.5. The molecule has 2 heteroatoms. The molecule has 0 aromatic heterocycles. The lowest BCUT2D eigenvalue weighted by molar-refractivity contribution is 0.660. The maximum absolute atomic E-state index is 3.71. The third-order valence-electron chi connectivity index (χ3n) is 9.34. The van der Waals surface area contributed by atoms with Crippen LogP contribution in [0.2, 0.25) is 0 Å². The number of hydrogen-bond donors (Lipinski definition) is 0. The van der Waals surface area contributed by atoms with Crippen molar-refractivity contribution in [2.24, 2.45) is 0 Å². The standard InChI is InChI=1S/C43H32BrN/c1-43(2)41-27-33(44)19-25-39(41)40-26-24-36(28-42(40)43)45(34-20-15-30(16-21-34)29-9-4-3-5-10-29)35-22-17-32(18-23-35)38-14-8-12-31-11-6-7-13-37(31)38/h3-28H,1-2H3. The maximum Gasteiger partial charge on any atom is 0.0465 e. The quantitative estimate of drug-likeness (QED) is 0.181. The van der Waals surface area contributed by atoms with Crippen LogP contribution in [0.25, 0.3) is 44.2 Å². The molecule has 7 aromatic rings. The van der Waals surface area contributed by atoms with Gasteiger partial charge in [0.25, 0.3) is 0 Å². The molecule has 1 aliphatic carbocycles. The van der Waals surface area contributed by atoms with Gasteiger partial charge in [-0.2, -0.15) is 0 Å². The summed E-state index contributed by atoms with van der Waals surface area (Å²) in [6, 6.07) is 57.4. The maximum atomic E-state index is 3.71. The van der Waals surface area contributed by atoms with E-state index in [0.717, 1.165) is 21.5 Å². The summed E-state index contributed by atoms with van der Waals surface area (Å²) in [5.41, 5.74) is 13.6. The van der Waals surface area contributed by atoms with Gasteiger partial charge in [0, 0.05) is 26.9 Å². The van der Waals surface area contributed by atoms with Gasteiger partial charge in [-0.1, -0.05) is 139 Å². The molecule has 216 valence electrons. The molecule has 0 unspecified atom stereocenters. The smallest absolute Gasteiger partial charge is 0.0465 e. The van der Waals surface area contributed by atoms with Crippen LogP contribution in [0.5, 0.6) is 0 Å². The molecule has 0 saturated carbocycles. The van der Waals surface area contributed by atoms with Crippen molar-refractivity contribution < 1.29 is 0 Å². The number of anilines is 3. The monoisotopic (exact) mass is 641 g/mol. The summed E-state index contributed by atoms with van der Waals surface area (Å²) >= 11 is 3.71. The van der Waals surface area contributed by atoms with Crippen LogP contribution >= 0.6 is 15.9 Å². The second kappa shape index (κ2) is 10.9. The molecule has 0 bridgehead atoms. The van der Waals surface area contributed by atoms with Crippen LogP contribution < -0.4 is 4.90 Å². The Kier molecular flexibility index (Phi) is 6.69. The fraction of sp³-hybridized carbons (Fsp3) is 0.0698. The predicted octanol–water partition coefficient (Wildman–Crippen LogP) is 12.7. The molecule has 7 aromatic carbocycles. The van der Waals surface area contributed by atoms with E-state index >= 15 is 0 Å². The van der Waals surface area contributed by atoms with E-state index in [0.29, 0.717) is 0 Å². The molecule has 0 N–H and O–H groups in total. The summed E-state index contributed by atoms with van der Waals surface area (Å²) in [6.45, 7) is 4.68. The highest BCUT2D eigenvalue weighted by Crippen LogP contribution is 2.51. The molecular weight excluding hydrogens is 610 g/mol. The summed E-state index contributed by atoms with van der Waals surface area (Å²) in [6.07, 6.45) is 0. The summed E-state index contributed by atoms with van der Waals surface area (Å²) in [5, 5.41) is 2.53. The molecule has 1 nitrogen and oxygen atoms in total. The molecule has 0 radical (unpaired) electrons. The minimum absolute atomic E-state index is 0.106. The Labute approximate surface area is 273 Å². The van der Waals surface area contributed by atoms with Crippen molar-refractivity contribution in [1.82, 2.24) is 0 Å². The number of hydrogen-bond acceptors (Lipinski definition) is 1. The summed E-state index contributed by atoms with van der Waals surface area (Å²) in [5.74, 6) is 0. The molecule has 0 spiro atoms. The lowest BCUT2D eigenvalue weighted by Gasteiger charge is -2.28. The van der Waals surface area contributed by atoms with Crippen LogP contribution in [0.4, 0.5) is 17.1 Å². The largest absolute Gasteiger partial charge is 0.310 e. The number of nitrogens with zero attached hydrogens (tertiary/aromatic N) is 1. The van der Waals surface area contributed by atoms with Crippen molar-refractivity contribution in [3.05, 3.63) is 173 Å². The van der Waals surface area contributed by atoms with Crippen molar-refractivity contribution >= 4 is 43.8 Å². The average Bonchev–Trinajstić information content (AvgIpc) is 3.30. The first kappa shape index (κ1) is 27.6. The second-order valence-electron chi connectivity index (χ2n) is 12.4. The van der Waals surface area contributed by atoms with Crippen LogP contribution in [0.3, 0.4) is 0 Å². The Morgan fingerprint density at radius 2 is 1.00 bits per heavy atom. The molecule has 0 saturated heterocycles. The van der Waals surface area contributed by atoms with Gasteiger partial charge in [-0.15, -0.1) is 0 Å². The molecule has 8 rings (SSSR count). The van der Waals surface area contributed by atoms with E-state index in [9.17, 15) is 0 Å². The van der Waals surface area contributed by atoms with Crippen molar-refractivity contribution in [3.63, 3.8) is 0 Å². The predicted molar refractivity (Wildman–Crippen MR) is 195 cm³/mol. The number of rotatable bonds is 5. The summed E-state index contributed by atoms with van der Waals surface area (Å²) in [4.78, 5) is 2.39. The van der Waals surface area contributed by atoms with Crippen LogP contribution in [-0.4, -0.2) is 0 Å². The van der Waals surface area contributed by atoms with Gasteiger partial charge in [0.1, 0.15) is 0 Å². The molecule has 0 heterocycles. The van der Waals surface area contributed by atoms with Crippen LogP contribution in [-0.2, 0) is 5.41 Å². The Morgan fingerprint density at radius 3 is 1.73 bits per heavy atom. The van der Waals surface area contributed by atoms with E-state index in [2.05, 4.69) is 192 Å². The second-order valence-corrected chi connectivity index (χ2v) is 13.3. The van der Waals surface area contributed by atoms with E-state index in [-0.39, 0.29) is 5.41 Å². The highest BCUT2D eigenvalue weighted by Gasteiger charge is 2.36. The van der Waals surface area contributed by atoms with E-state index in [1.54, 1.807) is 0 Å². The third-order valence-corrected chi connectivity index (χ3v) is 9.83. The molecule has 0 fully saturated rings. The van der Waals surface area contributed by atoms with Gasteiger partial charge in [0.2, 0.25) is 0 Å². The van der Waals surface area contributed by atoms with Crippen molar-refractivity contribution in [1.29, 1.82) is 0 Å². The molecule has 45 heavy (non-hydrogen) atoms. The minimum atomic E-state index is -0.106. The Morgan fingerprint density at radius 1 is 0.444 bits per heavy atom. The fourth-order valence-corrected chi connectivity index (χ4v) is 7.35. The van der Waals surface area contributed by atoms with Crippen molar-refractivity contribution in [2.75, 3.05) is 4.90 Å². The van der Waals surface area contributed by atoms with E-state index < -0.39 is 0 Å². The highest BCUT2D eigenvalue weighted by molar-refractivity contribution is 9.10. The van der Waals surface area contributed by atoms with Gasteiger partial charge >= 0.3 is 0 Å². The Balaban J connectivity index is 1.24. The fourth-order valence-electron chi connectivity index (χ4n) is 6.98. The van der Waals surface area contributed by atoms with Gasteiger partial charge in [0.15, 0.2) is 0 Å². The summed E-state index contributed by atoms with van der Waals surface area (Å²) in [7, 11) is 0. The highest BCUT2D eigenvalue weighted by atomic mass is 79.9. The van der Waals surface area contributed by atoms with Crippen molar-refractivity contribution in [3.8, 4) is 33.4 Å². The number of fused-ring (bicyclic) bond motifs is 4. The number of benzene rings is 7. The Hall–Kier alpha value is -4.92. The van der Waals surface area contributed by atoms with Crippen LogP contribution in [0, 0.1) is 0 Å². The van der Waals surface area contributed by atoms with E-state index in [1.165, 1.54) is 55.3 Å². The SMILES string of the molecule is CC1(C)c2cc(Br)ccc2-c2ccc(N(c3ccc(-c4ccccc4)cc3)c3ccc(-c4cccc5ccccc45)cc3)cc21. The van der Waals surface area contributed by atoms with Crippen LogP contribution in [0.15, 0.2) is 162 Å². The summed E-state index contributed by atoms with van der Waals surface area (Å²) < 4.78 is 1.12. The Bertz CT molecular complexity index is 2170. The van der Waals surface area contributed by atoms with E-state index in [4.69, 9.17) is 0 Å². The lowest BCUT2D eigenvalue weighted by Crippen LogP contribution is -2.16. The van der Waals surface area contributed by atoms with Gasteiger partial charge in [0.05, 0.1) is 0 Å². The van der Waals surface area contributed by atoms with Gasteiger partial charge in [-0.3, -0.25) is 0 Å². The zero-order valence-corrected chi connectivity index (χ0v) is 26.9. The molecule has 1 aliphatic rings. The number of halogens is 1. The zero-order valence-electron chi connectivity index (χ0n) is 25.3.